The predicted molar refractivity (Wildman–Crippen MR) is 119 cm³/mol. The maximum Gasteiger partial charge on any atom is 0.251 e. The molecule has 0 saturated heterocycles. The molecule has 2 aromatic rings. The fourth-order valence-electron chi connectivity index (χ4n) is 2.31. The summed E-state index contributed by atoms with van der Waals surface area (Å²) in [7, 11) is 0. The van der Waals surface area contributed by atoms with Gasteiger partial charge in [-0.1, -0.05) is 31.2 Å². The lowest BCUT2D eigenvalue weighted by Crippen LogP contribution is -2.31. The van der Waals surface area contributed by atoms with E-state index < -0.39 is 0 Å². The smallest absolute Gasteiger partial charge is 0.251 e. The first-order chi connectivity index (χ1) is 12.0. The van der Waals surface area contributed by atoms with Crippen LogP contribution < -0.4 is 16.4 Å². The lowest BCUT2D eigenvalue weighted by molar-refractivity contribution is 0.0939. The molecule has 0 radical (unpaired) electrons. The monoisotopic (exact) mass is 466 g/mol. The minimum absolute atomic E-state index is 0. The fraction of sp³-hybridized carbons (Fsp3) is 0.300. The Morgan fingerprint density at radius 3 is 2.62 bits per heavy atom. The number of aryl methyl sites for hydroxylation is 1. The molecule has 0 bridgehead atoms. The van der Waals surface area contributed by atoms with Crippen LogP contribution in [0.2, 0.25) is 0 Å². The van der Waals surface area contributed by atoms with Gasteiger partial charge in [0, 0.05) is 17.3 Å². The van der Waals surface area contributed by atoms with Crippen LogP contribution in [0, 0.1) is 6.92 Å². The van der Waals surface area contributed by atoms with Crippen LogP contribution in [0.4, 0.5) is 5.69 Å². The SMILES string of the molecule is CCC(C)NC(=O)c1cccc(CN=C(N)Nc2cccc(C)c2)c1.I. The first-order valence-corrected chi connectivity index (χ1v) is 8.51. The molecule has 0 aliphatic rings. The Labute approximate surface area is 172 Å². The van der Waals surface area contributed by atoms with Crippen molar-refractivity contribution in [3.05, 3.63) is 65.2 Å². The van der Waals surface area contributed by atoms with Crippen LogP contribution in [-0.4, -0.2) is 17.9 Å². The number of hydrogen-bond acceptors (Lipinski definition) is 2. The summed E-state index contributed by atoms with van der Waals surface area (Å²) in [5.74, 6) is 0.283. The van der Waals surface area contributed by atoms with Crippen molar-refractivity contribution in [2.24, 2.45) is 10.7 Å². The molecule has 0 aliphatic heterocycles. The van der Waals surface area contributed by atoms with E-state index in [1.54, 1.807) is 6.07 Å². The molecule has 2 rings (SSSR count). The molecular formula is C20H27IN4O. The second kappa shape index (κ2) is 10.8. The van der Waals surface area contributed by atoms with Gasteiger partial charge < -0.3 is 16.4 Å². The van der Waals surface area contributed by atoms with Crippen molar-refractivity contribution in [3.8, 4) is 0 Å². The van der Waals surface area contributed by atoms with Crippen LogP contribution in [0.15, 0.2) is 53.5 Å². The van der Waals surface area contributed by atoms with Crippen LogP contribution >= 0.6 is 24.0 Å². The van der Waals surface area contributed by atoms with E-state index >= 15 is 0 Å². The van der Waals surface area contributed by atoms with E-state index in [1.165, 1.54) is 0 Å². The second-order valence-electron chi connectivity index (χ2n) is 6.18. The number of benzene rings is 2. The van der Waals surface area contributed by atoms with Gasteiger partial charge in [-0.15, -0.1) is 24.0 Å². The summed E-state index contributed by atoms with van der Waals surface area (Å²) < 4.78 is 0. The van der Waals surface area contributed by atoms with Crippen LogP contribution in [-0.2, 0) is 6.54 Å². The third kappa shape index (κ3) is 7.03. The number of nitrogens with zero attached hydrogens (tertiary/aromatic N) is 1. The number of nitrogens with two attached hydrogens (primary N) is 1. The van der Waals surface area contributed by atoms with Crippen LogP contribution in [0.25, 0.3) is 0 Å². The average Bonchev–Trinajstić information content (AvgIpc) is 2.60. The Morgan fingerprint density at radius 1 is 1.19 bits per heavy atom. The van der Waals surface area contributed by atoms with Crippen LogP contribution in [0.1, 0.15) is 41.8 Å². The third-order valence-corrected chi connectivity index (χ3v) is 3.90. The van der Waals surface area contributed by atoms with Gasteiger partial charge in [0.1, 0.15) is 0 Å². The molecule has 1 amide bonds. The van der Waals surface area contributed by atoms with Crippen molar-refractivity contribution in [3.63, 3.8) is 0 Å². The Hall–Kier alpha value is -2.09. The van der Waals surface area contributed by atoms with E-state index in [-0.39, 0.29) is 35.9 Å². The van der Waals surface area contributed by atoms with Gasteiger partial charge in [-0.05, 0) is 55.7 Å². The summed E-state index contributed by atoms with van der Waals surface area (Å²) in [4.78, 5) is 16.5. The first-order valence-electron chi connectivity index (χ1n) is 8.51. The predicted octanol–water partition coefficient (Wildman–Crippen LogP) is 4.07. The van der Waals surface area contributed by atoms with Crippen molar-refractivity contribution in [1.82, 2.24) is 5.32 Å². The molecule has 2 aromatic carbocycles. The lowest BCUT2D eigenvalue weighted by atomic mass is 10.1. The largest absolute Gasteiger partial charge is 0.370 e. The highest BCUT2D eigenvalue weighted by Gasteiger charge is 2.08. The summed E-state index contributed by atoms with van der Waals surface area (Å²) >= 11 is 0. The standard InChI is InChI=1S/C20H26N4O.HI/c1-4-15(3)23-19(25)17-9-6-8-16(12-17)13-22-20(21)24-18-10-5-7-14(2)11-18;/h5-12,15H,4,13H2,1-3H3,(H,23,25)(H3,21,22,24);1H. The van der Waals surface area contributed by atoms with Gasteiger partial charge in [-0.2, -0.15) is 0 Å². The fourth-order valence-corrected chi connectivity index (χ4v) is 2.31. The molecule has 4 N–H and O–H groups in total. The second-order valence-corrected chi connectivity index (χ2v) is 6.18. The quantitative estimate of drug-likeness (QED) is 0.341. The van der Waals surface area contributed by atoms with Crippen LogP contribution in [0.5, 0.6) is 0 Å². The van der Waals surface area contributed by atoms with Gasteiger partial charge in [0.25, 0.3) is 5.91 Å². The molecule has 0 aromatic heterocycles. The van der Waals surface area contributed by atoms with Gasteiger partial charge in [-0.3, -0.25) is 4.79 Å². The highest BCUT2D eigenvalue weighted by Crippen LogP contribution is 2.10. The lowest BCUT2D eigenvalue weighted by Gasteiger charge is -2.11. The van der Waals surface area contributed by atoms with E-state index in [1.807, 2.05) is 63.2 Å². The molecule has 6 heteroatoms. The highest BCUT2D eigenvalue weighted by atomic mass is 127. The number of hydrogen-bond donors (Lipinski definition) is 3. The molecule has 1 atom stereocenters. The zero-order chi connectivity index (χ0) is 18.2. The Kier molecular flexibility index (Phi) is 9.12. The summed E-state index contributed by atoms with van der Waals surface area (Å²) in [5.41, 5.74) is 9.57. The Bertz CT molecular complexity index is 761. The minimum Gasteiger partial charge on any atom is -0.370 e. The van der Waals surface area contributed by atoms with Gasteiger partial charge in [0.15, 0.2) is 5.96 Å². The van der Waals surface area contributed by atoms with Crippen molar-refractivity contribution in [2.75, 3.05) is 5.32 Å². The number of rotatable bonds is 6. The number of halogens is 1. The maximum atomic E-state index is 12.2. The molecule has 0 heterocycles. The van der Waals surface area contributed by atoms with Crippen molar-refractivity contribution < 1.29 is 4.79 Å². The van der Waals surface area contributed by atoms with E-state index in [0.29, 0.717) is 18.1 Å². The van der Waals surface area contributed by atoms with Crippen molar-refractivity contribution in [2.45, 2.75) is 39.8 Å². The number of carbonyl (C=O) groups excluding carboxylic acids is 1. The summed E-state index contributed by atoms with van der Waals surface area (Å²) in [6.45, 7) is 6.47. The summed E-state index contributed by atoms with van der Waals surface area (Å²) in [6.07, 6.45) is 0.900. The zero-order valence-electron chi connectivity index (χ0n) is 15.5. The molecule has 0 fully saturated rings. The van der Waals surface area contributed by atoms with E-state index in [4.69, 9.17) is 5.73 Å². The molecule has 140 valence electrons. The average molecular weight is 466 g/mol. The Morgan fingerprint density at radius 2 is 1.92 bits per heavy atom. The van der Waals surface area contributed by atoms with Gasteiger partial charge in [0.2, 0.25) is 0 Å². The molecule has 1 unspecified atom stereocenters. The molecule has 5 nitrogen and oxygen atoms in total. The number of amides is 1. The van der Waals surface area contributed by atoms with E-state index in [0.717, 1.165) is 23.2 Å². The summed E-state index contributed by atoms with van der Waals surface area (Å²) in [6, 6.07) is 15.5. The normalized spacial score (nSPS) is 12.0. The molecule has 0 spiro atoms. The highest BCUT2D eigenvalue weighted by molar-refractivity contribution is 14.0. The first kappa shape index (κ1) is 22.0. The van der Waals surface area contributed by atoms with Crippen LogP contribution in [0.3, 0.4) is 0 Å². The number of aliphatic imine (C=N–C) groups is 1. The minimum atomic E-state index is -0.0639. The number of anilines is 1. The van der Waals surface area contributed by atoms with Gasteiger partial charge in [0.05, 0.1) is 6.54 Å². The van der Waals surface area contributed by atoms with Gasteiger partial charge in [-0.25, -0.2) is 4.99 Å². The topological polar surface area (TPSA) is 79.5 Å². The van der Waals surface area contributed by atoms with E-state index in [2.05, 4.69) is 15.6 Å². The van der Waals surface area contributed by atoms with Gasteiger partial charge >= 0.3 is 0 Å². The van der Waals surface area contributed by atoms with Crippen molar-refractivity contribution in [1.29, 1.82) is 0 Å². The number of nitrogens with one attached hydrogen (secondary N) is 2. The van der Waals surface area contributed by atoms with Crippen molar-refractivity contribution >= 4 is 41.5 Å². The van der Waals surface area contributed by atoms with E-state index in [9.17, 15) is 4.79 Å². The third-order valence-electron chi connectivity index (χ3n) is 3.90. The molecule has 0 aliphatic carbocycles. The zero-order valence-corrected chi connectivity index (χ0v) is 17.8. The Balaban J connectivity index is 0.00000338. The molecular weight excluding hydrogens is 439 g/mol. The number of carbonyl (C=O) groups is 1. The maximum absolute atomic E-state index is 12.2. The number of guanidine groups is 1. The summed E-state index contributed by atoms with van der Waals surface area (Å²) in [5, 5.41) is 6.04. The molecule has 0 saturated carbocycles. The molecule has 26 heavy (non-hydrogen) atoms.